The summed E-state index contributed by atoms with van der Waals surface area (Å²) in [6.45, 7) is 0.574. The molecule has 0 aliphatic carbocycles. The van der Waals surface area contributed by atoms with Crippen molar-refractivity contribution in [1.29, 1.82) is 0 Å². The number of aromatic nitrogens is 1. The lowest BCUT2D eigenvalue weighted by molar-refractivity contribution is 0.0942. The van der Waals surface area contributed by atoms with Gasteiger partial charge < -0.3 is 15.0 Å². The average molecular weight is 377 g/mol. The Morgan fingerprint density at radius 3 is 2.83 bits per heavy atom. The lowest BCUT2D eigenvalue weighted by Gasteiger charge is -2.07. The molecule has 23 heavy (non-hydrogen) atoms. The average Bonchev–Trinajstić information content (AvgIpc) is 2.89. The van der Waals surface area contributed by atoms with E-state index >= 15 is 0 Å². The maximum Gasteiger partial charge on any atom is 0.269 e. The van der Waals surface area contributed by atoms with Gasteiger partial charge >= 0.3 is 0 Å². The molecule has 118 valence electrons. The minimum absolute atomic E-state index is 0.226. The van der Waals surface area contributed by atoms with Crippen molar-refractivity contribution in [1.82, 2.24) is 10.3 Å². The number of fused-ring (bicyclic) bond motifs is 1. The molecule has 0 unspecified atom stereocenters. The molecule has 0 aliphatic rings. The predicted molar refractivity (Wildman–Crippen MR) is 90.2 cm³/mol. The van der Waals surface area contributed by atoms with Gasteiger partial charge in [-0.15, -0.1) is 0 Å². The molecule has 1 amide bonds. The Balaban J connectivity index is 1.57. The summed E-state index contributed by atoms with van der Waals surface area (Å²) in [5.74, 6) is -0.143. The first kappa shape index (κ1) is 15.6. The highest BCUT2D eigenvalue weighted by molar-refractivity contribution is 9.10. The van der Waals surface area contributed by atoms with Crippen LogP contribution in [0.25, 0.3) is 10.9 Å². The molecule has 0 fully saturated rings. The number of aromatic amines is 1. The number of carbonyl (C=O) groups excluding carboxylic acids is 1. The normalized spacial score (nSPS) is 10.7. The van der Waals surface area contributed by atoms with Gasteiger partial charge in [0.25, 0.3) is 5.91 Å². The van der Waals surface area contributed by atoms with Gasteiger partial charge in [0.2, 0.25) is 0 Å². The SMILES string of the molecule is O=C(NCCOc1cccc(F)c1)c1[nH]c2ccccc2c1Br. The summed E-state index contributed by atoms with van der Waals surface area (Å²) in [7, 11) is 0. The van der Waals surface area contributed by atoms with Gasteiger partial charge in [0.1, 0.15) is 23.9 Å². The largest absolute Gasteiger partial charge is 0.492 e. The Morgan fingerprint density at radius 1 is 1.22 bits per heavy atom. The fraction of sp³-hybridized carbons (Fsp3) is 0.118. The van der Waals surface area contributed by atoms with Crippen LogP contribution in [0.1, 0.15) is 10.5 Å². The monoisotopic (exact) mass is 376 g/mol. The van der Waals surface area contributed by atoms with E-state index in [0.717, 1.165) is 15.4 Å². The second kappa shape index (κ2) is 6.83. The Labute approximate surface area is 140 Å². The van der Waals surface area contributed by atoms with Crippen molar-refractivity contribution >= 4 is 32.7 Å². The van der Waals surface area contributed by atoms with E-state index in [0.29, 0.717) is 18.0 Å². The van der Waals surface area contributed by atoms with Gasteiger partial charge in [0, 0.05) is 17.0 Å². The van der Waals surface area contributed by atoms with Crippen molar-refractivity contribution in [3.05, 3.63) is 64.5 Å². The molecule has 2 N–H and O–H groups in total. The highest BCUT2D eigenvalue weighted by atomic mass is 79.9. The summed E-state index contributed by atoms with van der Waals surface area (Å²) >= 11 is 3.44. The van der Waals surface area contributed by atoms with Crippen LogP contribution in [0.15, 0.2) is 53.0 Å². The Morgan fingerprint density at radius 2 is 2.04 bits per heavy atom. The van der Waals surface area contributed by atoms with E-state index in [1.54, 1.807) is 12.1 Å². The number of nitrogens with one attached hydrogen (secondary N) is 2. The highest BCUT2D eigenvalue weighted by Crippen LogP contribution is 2.27. The molecule has 0 saturated carbocycles. The Hall–Kier alpha value is -2.34. The number of halogens is 2. The fourth-order valence-electron chi connectivity index (χ4n) is 2.24. The van der Waals surface area contributed by atoms with Crippen LogP contribution in [0.3, 0.4) is 0 Å². The lowest BCUT2D eigenvalue weighted by Crippen LogP contribution is -2.28. The molecule has 3 rings (SSSR count). The maximum atomic E-state index is 13.0. The first-order valence-corrected chi connectivity index (χ1v) is 7.87. The zero-order chi connectivity index (χ0) is 16.2. The number of hydrogen-bond donors (Lipinski definition) is 2. The van der Waals surface area contributed by atoms with Gasteiger partial charge in [0.15, 0.2) is 0 Å². The molecule has 3 aromatic rings. The molecule has 0 atom stereocenters. The molecule has 0 spiro atoms. The Bertz CT molecular complexity index is 847. The molecule has 6 heteroatoms. The molecule has 0 radical (unpaired) electrons. The number of ether oxygens (including phenoxy) is 1. The predicted octanol–water partition coefficient (Wildman–Crippen LogP) is 3.88. The van der Waals surface area contributed by atoms with E-state index < -0.39 is 0 Å². The topological polar surface area (TPSA) is 54.1 Å². The van der Waals surface area contributed by atoms with Gasteiger partial charge in [0.05, 0.1) is 11.0 Å². The van der Waals surface area contributed by atoms with Crippen LogP contribution < -0.4 is 10.1 Å². The molecular weight excluding hydrogens is 363 g/mol. The van der Waals surface area contributed by atoms with Crippen LogP contribution in [0.2, 0.25) is 0 Å². The van der Waals surface area contributed by atoms with Crippen molar-refractivity contribution in [2.24, 2.45) is 0 Å². The van der Waals surface area contributed by atoms with E-state index in [2.05, 4.69) is 26.2 Å². The standard InChI is InChI=1S/C17H14BrFN2O2/c18-15-13-6-1-2-7-14(13)21-16(15)17(22)20-8-9-23-12-5-3-4-11(19)10-12/h1-7,10,21H,8-9H2,(H,20,22). The summed E-state index contributed by atoms with van der Waals surface area (Å²) < 4.78 is 19.1. The van der Waals surface area contributed by atoms with Crippen LogP contribution in [0, 0.1) is 5.82 Å². The smallest absolute Gasteiger partial charge is 0.269 e. The molecule has 1 aromatic heterocycles. The maximum absolute atomic E-state index is 13.0. The Kier molecular flexibility index (Phi) is 4.62. The van der Waals surface area contributed by atoms with Crippen LogP contribution in [0.4, 0.5) is 4.39 Å². The minimum atomic E-state index is -0.353. The number of amides is 1. The van der Waals surface area contributed by atoms with Gasteiger partial charge in [-0.25, -0.2) is 4.39 Å². The summed E-state index contributed by atoms with van der Waals surface area (Å²) in [4.78, 5) is 15.3. The quantitative estimate of drug-likeness (QED) is 0.663. The first-order chi connectivity index (χ1) is 11.1. The van der Waals surface area contributed by atoms with Crippen LogP contribution >= 0.6 is 15.9 Å². The number of benzene rings is 2. The molecule has 1 heterocycles. The molecule has 0 saturated heterocycles. The van der Waals surface area contributed by atoms with E-state index in [4.69, 9.17) is 4.74 Å². The summed E-state index contributed by atoms with van der Waals surface area (Å²) in [6.07, 6.45) is 0. The van der Waals surface area contributed by atoms with Crippen molar-refractivity contribution in [3.63, 3.8) is 0 Å². The summed E-state index contributed by atoms with van der Waals surface area (Å²) in [5, 5.41) is 3.72. The first-order valence-electron chi connectivity index (χ1n) is 7.08. The number of para-hydroxylation sites is 1. The van der Waals surface area contributed by atoms with Crippen molar-refractivity contribution < 1.29 is 13.9 Å². The molecule has 4 nitrogen and oxygen atoms in total. The molecular formula is C17H14BrFN2O2. The van der Waals surface area contributed by atoms with Crippen molar-refractivity contribution in [3.8, 4) is 5.75 Å². The highest BCUT2D eigenvalue weighted by Gasteiger charge is 2.15. The second-order valence-corrected chi connectivity index (χ2v) is 5.71. The van der Waals surface area contributed by atoms with E-state index in [9.17, 15) is 9.18 Å². The zero-order valence-electron chi connectivity index (χ0n) is 12.1. The van der Waals surface area contributed by atoms with E-state index in [-0.39, 0.29) is 18.3 Å². The van der Waals surface area contributed by atoms with E-state index in [1.807, 2.05) is 24.3 Å². The van der Waals surface area contributed by atoms with E-state index in [1.165, 1.54) is 12.1 Å². The zero-order valence-corrected chi connectivity index (χ0v) is 13.7. The second-order valence-electron chi connectivity index (χ2n) is 4.92. The number of rotatable bonds is 5. The third kappa shape index (κ3) is 3.53. The van der Waals surface area contributed by atoms with Crippen LogP contribution in [-0.4, -0.2) is 24.0 Å². The third-order valence-electron chi connectivity index (χ3n) is 3.32. The number of hydrogen-bond acceptors (Lipinski definition) is 2. The van der Waals surface area contributed by atoms with Gasteiger partial charge in [-0.1, -0.05) is 24.3 Å². The van der Waals surface area contributed by atoms with Crippen LogP contribution in [0.5, 0.6) is 5.75 Å². The third-order valence-corrected chi connectivity index (χ3v) is 4.15. The lowest BCUT2D eigenvalue weighted by atomic mass is 10.2. The molecule has 0 aliphatic heterocycles. The summed E-state index contributed by atoms with van der Waals surface area (Å²) in [6, 6.07) is 13.5. The molecule has 2 aromatic carbocycles. The van der Waals surface area contributed by atoms with Gasteiger partial charge in [-0.3, -0.25) is 4.79 Å². The summed E-state index contributed by atoms with van der Waals surface area (Å²) in [5.41, 5.74) is 1.36. The fourth-order valence-corrected chi connectivity index (χ4v) is 2.87. The minimum Gasteiger partial charge on any atom is -0.492 e. The van der Waals surface area contributed by atoms with Gasteiger partial charge in [-0.05, 0) is 34.1 Å². The number of carbonyl (C=O) groups is 1. The molecule has 0 bridgehead atoms. The van der Waals surface area contributed by atoms with Crippen molar-refractivity contribution in [2.45, 2.75) is 0 Å². The van der Waals surface area contributed by atoms with Crippen LogP contribution in [-0.2, 0) is 0 Å². The van der Waals surface area contributed by atoms with Gasteiger partial charge in [-0.2, -0.15) is 0 Å². The van der Waals surface area contributed by atoms with Crippen molar-refractivity contribution in [2.75, 3.05) is 13.2 Å². The number of H-pyrrole nitrogens is 1.